The lowest BCUT2D eigenvalue weighted by Crippen LogP contribution is -2.49. The first-order valence-electron chi connectivity index (χ1n) is 7.30. The van der Waals surface area contributed by atoms with E-state index in [1.807, 2.05) is 7.11 Å². The molecule has 0 heterocycles. The summed E-state index contributed by atoms with van der Waals surface area (Å²) in [4.78, 5) is 0. The first-order chi connectivity index (χ1) is 8.07. The lowest BCUT2D eigenvalue weighted by molar-refractivity contribution is -0.0336. The molecule has 3 unspecified atom stereocenters. The van der Waals surface area contributed by atoms with Gasteiger partial charge in [0.15, 0.2) is 0 Å². The number of likely N-dealkylation sites (N-methyl/N-ethyl adjacent to an activating group) is 1. The summed E-state index contributed by atoms with van der Waals surface area (Å²) in [5, 5.41) is 3.46. The summed E-state index contributed by atoms with van der Waals surface area (Å²) in [6.07, 6.45) is 7.57. The normalized spacial score (nSPS) is 18.7. The molecule has 0 aromatic rings. The predicted molar refractivity (Wildman–Crippen MR) is 76.5 cm³/mol. The largest absolute Gasteiger partial charge is 0.377 e. The summed E-state index contributed by atoms with van der Waals surface area (Å²) >= 11 is 0. The van der Waals surface area contributed by atoms with Crippen LogP contribution < -0.4 is 5.32 Å². The third-order valence-electron chi connectivity index (χ3n) is 4.37. The van der Waals surface area contributed by atoms with Crippen LogP contribution in [0.4, 0.5) is 0 Å². The molecule has 0 radical (unpaired) electrons. The summed E-state index contributed by atoms with van der Waals surface area (Å²) in [5.74, 6) is 0.827. The minimum Gasteiger partial charge on any atom is -0.377 e. The Morgan fingerprint density at radius 1 is 1.24 bits per heavy atom. The van der Waals surface area contributed by atoms with Crippen LogP contribution in [0, 0.1) is 5.92 Å². The maximum atomic E-state index is 5.73. The first kappa shape index (κ1) is 16.9. The molecule has 0 aromatic carbocycles. The molecule has 0 aliphatic carbocycles. The quantitative estimate of drug-likeness (QED) is 0.626. The molecule has 0 amide bonds. The van der Waals surface area contributed by atoms with Crippen LogP contribution in [0.3, 0.4) is 0 Å². The fourth-order valence-electron chi connectivity index (χ4n) is 2.52. The number of hydrogen-bond acceptors (Lipinski definition) is 2. The van der Waals surface area contributed by atoms with Crippen molar-refractivity contribution in [2.24, 2.45) is 5.92 Å². The molecule has 0 fully saturated rings. The van der Waals surface area contributed by atoms with Gasteiger partial charge >= 0.3 is 0 Å². The maximum Gasteiger partial charge on any atom is 0.0800 e. The van der Waals surface area contributed by atoms with Gasteiger partial charge in [-0.1, -0.05) is 46.5 Å². The molecule has 2 nitrogen and oxygen atoms in total. The third kappa shape index (κ3) is 5.39. The second kappa shape index (κ2) is 8.93. The second-order valence-electron chi connectivity index (χ2n) is 5.36. The van der Waals surface area contributed by atoms with Crippen LogP contribution in [0.5, 0.6) is 0 Å². The van der Waals surface area contributed by atoms with Gasteiger partial charge < -0.3 is 10.1 Å². The van der Waals surface area contributed by atoms with E-state index in [-0.39, 0.29) is 5.60 Å². The van der Waals surface area contributed by atoms with Crippen molar-refractivity contribution in [1.29, 1.82) is 0 Å². The van der Waals surface area contributed by atoms with Crippen molar-refractivity contribution < 1.29 is 4.74 Å². The third-order valence-corrected chi connectivity index (χ3v) is 4.37. The molecule has 2 heteroatoms. The molecule has 0 saturated carbocycles. The zero-order chi connectivity index (χ0) is 13.3. The van der Waals surface area contributed by atoms with Crippen LogP contribution in [-0.4, -0.2) is 25.8 Å². The summed E-state index contributed by atoms with van der Waals surface area (Å²) in [5.41, 5.74) is -0.0333. The highest BCUT2D eigenvalue weighted by Crippen LogP contribution is 2.27. The van der Waals surface area contributed by atoms with Gasteiger partial charge in [0.25, 0.3) is 0 Å². The highest BCUT2D eigenvalue weighted by molar-refractivity contribution is 4.89. The fourth-order valence-corrected chi connectivity index (χ4v) is 2.52. The Balaban J connectivity index is 4.44. The molecule has 0 aliphatic heterocycles. The monoisotopic (exact) mass is 243 g/mol. The number of hydrogen-bond donors (Lipinski definition) is 1. The van der Waals surface area contributed by atoms with Gasteiger partial charge in [-0.15, -0.1) is 0 Å². The van der Waals surface area contributed by atoms with Crippen LogP contribution >= 0.6 is 0 Å². The van der Waals surface area contributed by atoms with Gasteiger partial charge in [0.05, 0.1) is 5.60 Å². The second-order valence-corrected chi connectivity index (χ2v) is 5.36. The number of rotatable bonds is 10. The van der Waals surface area contributed by atoms with Crippen molar-refractivity contribution in [2.75, 3.05) is 14.2 Å². The number of methoxy groups -OCH3 is 1. The lowest BCUT2D eigenvalue weighted by Gasteiger charge is -2.37. The molecule has 0 aromatic heterocycles. The van der Waals surface area contributed by atoms with Crippen LogP contribution in [0.2, 0.25) is 0 Å². The SMILES string of the molecule is CCCCC(CC)CC(NC)C(C)(CC)OC. The highest BCUT2D eigenvalue weighted by atomic mass is 16.5. The minimum atomic E-state index is -0.0333. The minimum absolute atomic E-state index is 0.0333. The summed E-state index contributed by atoms with van der Waals surface area (Å²) in [6, 6.07) is 0.458. The van der Waals surface area contributed by atoms with E-state index < -0.39 is 0 Å². The van der Waals surface area contributed by atoms with Crippen molar-refractivity contribution in [3.63, 3.8) is 0 Å². The van der Waals surface area contributed by atoms with Gasteiger partial charge in [-0.2, -0.15) is 0 Å². The molecule has 0 bridgehead atoms. The Morgan fingerprint density at radius 2 is 1.88 bits per heavy atom. The molecule has 0 saturated heterocycles. The van der Waals surface area contributed by atoms with E-state index >= 15 is 0 Å². The van der Waals surface area contributed by atoms with Gasteiger partial charge in [0, 0.05) is 13.2 Å². The molecule has 3 atom stereocenters. The lowest BCUT2D eigenvalue weighted by atomic mass is 9.83. The van der Waals surface area contributed by atoms with Gasteiger partial charge in [-0.25, -0.2) is 0 Å². The summed E-state index contributed by atoms with van der Waals surface area (Å²) < 4.78 is 5.73. The molecular weight excluding hydrogens is 210 g/mol. The molecule has 104 valence electrons. The van der Waals surface area contributed by atoms with Crippen molar-refractivity contribution in [3.05, 3.63) is 0 Å². The zero-order valence-electron chi connectivity index (χ0n) is 12.8. The molecular formula is C15H33NO. The molecule has 17 heavy (non-hydrogen) atoms. The predicted octanol–water partition coefficient (Wildman–Crippen LogP) is 4.00. The zero-order valence-corrected chi connectivity index (χ0v) is 12.8. The molecule has 0 spiro atoms. The van der Waals surface area contributed by atoms with Gasteiger partial charge in [-0.3, -0.25) is 0 Å². The smallest absolute Gasteiger partial charge is 0.0800 e. The van der Waals surface area contributed by atoms with Crippen molar-refractivity contribution in [1.82, 2.24) is 5.32 Å². The average Bonchev–Trinajstić information content (AvgIpc) is 2.38. The summed E-state index contributed by atoms with van der Waals surface area (Å²) in [6.45, 7) is 9.01. The maximum absolute atomic E-state index is 5.73. The Bertz CT molecular complexity index is 178. The van der Waals surface area contributed by atoms with E-state index in [0.29, 0.717) is 6.04 Å². The van der Waals surface area contributed by atoms with E-state index in [1.54, 1.807) is 0 Å². The van der Waals surface area contributed by atoms with Crippen LogP contribution in [0.25, 0.3) is 0 Å². The van der Waals surface area contributed by atoms with E-state index in [1.165, 1.54) is 32.1 Å². The Morgan fingerprint density at radius 3 is 2.24 bits per heavy atom. The Hall–Kier alpha value is -0.0800. The van der Waals surface area contributed by atoms with E-state index in [2.05, 4.69) is 40.1 Å². The average molecular weight is 243 g/mol. The molecule has 1 N–H and O–H groups in total. The highest BCUT2D eigenvalue weighted by Gasteiger charge is 2.32. The molecule has 0 rings (SSSR count). The number of ether oxygens (including phenoxy) is 1. The van der Waals surface area contributed by atoms with E-state index in [9.17, 15) is 0 Å². The van der Waals surface area contributed by atoms with Gasteiger partial charge in [0.1, 0.15) is 0 Å². The van der Waals surface area contributed by atoms with Crippen molar-refractivity contribution in [3.8, 4) is 0 Å². The first-order valence-corrected chi connectivity index (χ1v) is 7.30. The van der Waals surface area contributed by atoms with Crippen molar-refractivity contribution in [2.45, 2.75) is 77.9 Å². The van der Waals surface area contributed by atoms with Crippen LogP contribution in [0.15, 0.2) is 0 Å². The van der Waals surface area contributed by atoms with Gasteiger partial charge in [-0.05, 0) is 32.7 Å². The van der Waals surface area contributed by atoms with Gasteiger partial charge in [0.2, 0.25) is 0 Å². The molecule has 0 aliphatic rings. The standard InChI is InChI=1S/C15H33NO/c1-7-10-11-13(8-2)12-14(16-5)15(4,9-3)17-6/h13-14,16H,7-12H2,1-6H3. The van der Waals surface area contributed by atoms with Crippen LogP contribution in [-0.2, 0) is 4.74 Å². The van der Waals surface area contributed by atoms with Crippen molar-refractivity contribution >= 4 is 0 Å². The topological polar surface area (TPSA) is 21.3 Å². The number of unbranched alkanes of at least 4 members (excludes halogenated alkanes) is 1. The fraction of sp³-hybridized carbons (Fsp3) is 1.00. The summed E-state index contributed by atoms with van der Waals surface area (Å²) in [7, 11) is 3.89. The van der Waals surface area contributed by atoms with Crippen LogP contribution in [0.1, 0.15) is 66.2 Å². The van der Waals surface area contributed by atoms with E-state index in [0.717, 1.165) is 12.3 Å². The van der Waals surface area contributed by atoms with E-state index in [4.69, 9.17) is 4.74 Å². The Kier molecular flexibility index (Phi) is 8.89. The Labute approximate surface area is 109 Å². The number of nitrogens with one attached hydrogen (secondary N) is 1.